The number of nitrogens with two attached hydrogens (primary N) is 1. The summed E-state index contributed by atoms with van der Waals surface area (Å²) < 4.78 is 0. The Hall–Kier alpha value is -1.10. The van der Waals surface area contributed by atoms with Gasteiger partial charge in [0.15, 0.2) is 0 Å². The van der Waals surface area contributed by atoms with Gasteiger partial charge in [0.05, 0.1) is 12.5 Å². The number of amides is 1. The highest BCUT2D eigenvalue weighted by molar-refractivity contribution is 5.82. The van der Waals surface area contributed by atoms with Crippen molar-refractivity contribution in [2.24, 2.45) is 17.6 Å². The maximum atomic E-state index is 12.1. The van der Waals surface area contributed by atoms with E-state index in [1.807, 2.05) is 13.8 Å². The number of carboxylic acid groups (broad SMARTS) is 1. The minimum absolute atomic E-state index is 0.0462. The van der Waals surface area contributed by atoms with E-state index in [4.69, 9.17) is 10.8 Å². The van der Waals surface area contributed by atoms with E-state index in [2.05, 4.69) is 19.2 Å². The molecule has 1 amide bonds. The van der Waals surface area contributed by atoms with Crippen molar-refractivity contribution in [2.45, 2.75) is 78.3 Å². The van der Waals surface area contributed by atoms with E-state index >= 15 is 0 Å². The second kappa shape index (κ2) is 10.6. The standard InChI is InChI=1S/C16H32N2O3/c1-5-7-8-11(3)9-13(10-14(19)20)18-16(21)15(17)12(4)6-2/h11-13,15H,5-10,17H2,1-4H3,(H,18,21)(H,19,20)/t11?,12?,13-,15-/m0/s1. The molecule has 0 heterocycles. The Labute approximate surface area is 128 Å². The van der Waals surface area contributed by atoms with Crippen LogP contribution in [0.2, 0.25) is 0 Å². The zero-order valence-electron chi connectivity index (χ0n) is 13.9. The van der Waals surface area contributed by atoms with E-state index in [-0.39, 0.29) is 24.3 Å². The minimum atomic E-state index is -0.889. The highest BCUT2D eigenvalue weighted by Crippen LogP contribution is 2.16. The highest BCUT2D eigenvalue weighted by Gasteiger charge is 2.24. The average Bonchev–Trinajstić information content (AvgIpc) is 2.42. The smallest absolute Gasteiger partial charge is 0.305 e. The van der Waals surface area contributed by atoms with E-state index in [0.717, 1.165) is 25.7 Å². The van der Waals surface area contributed by atoms with E-state index < -0.39 is 12.0 Å². The summed E-state index contributed by atoms with van der Waals surface area (Å²) in [6.45, 7) is 8.15. The fourth-order valence-corrected chi connectivity index (χ4v) is 2.37. The van der Waals surface area contributed by atoms with Crippen molar-refractivity contribution in [3.05, 3.63) is 0 Å². The van der Waals surface area contributed by atoms with Gasteiger partial charge in [0, 0.05) is 6.04 Å². The molecule has 21 heavy (non-hydrogen) atoms. The van der Waals surface area contributed by atoms with Gasteiger partial charge in [-0.2, -0.15) is 0 Å². The van der Waals surface area contributed by atoms with E-state index in [0.29, 0.717) is 12.3 Å². The van der Waals surface area contributed by atoms with Crippen LogP contribution in [-0.4, -0.2) is 29.1 Å². The number of nitrogens with one attached hydrogen (secondary N) is 1. The van der Waals surface area contributed by atoms with Gasteiger partial charge in [-0.1, -0.05) is 53.4 Å². The van der Waals surface area contributed by atoms with Crippen molar-refractivity contribution < 1.29 is 14.7 Å². The topological polar surface area (TPSA) is 92.4 Å². The molecule has 0 saturated carbocycles. The summed E-state index contributed by atoms with van der Waals surface area (Å²) in [6, 6.07) is -0.908. The lowest BCUT2D eigenvalue weighted by molar-refractivity contribution is -0.137. The summed E-state index contributed by atoms with van der Waals surface area (Å²) in [7, 11) is 0. The molecule has 4 atom stereocenters. The first-order chi connectivity index (χ1) is 9.81. The Morgan fingerprint density at radius 1 is 1.24 bits per heavy atom. The van der Waals surface area contributed by atoms with Gasteiger partial charge in [0.2, 0.25) is 5.91 Å². The summed E-state index contributed by atoms with van der Waals surface area (Å²) in [6.07, 6.45) is 4.77. The molecule has 0 aliphatic rings. The van der Waals surface area contributed by atoms with Crippen LogP contribution in [0, 0.1) is 11.8 Å². The molecule has 5 nitrogen and oxygen atoms in total. The van der Waals surface area contributed by atoms with Gasteiger partial charge in [-0.15, -0.1) is 0 Å². The zero-order valence-corrected chi connectivity index (χ0v) is 13.9. The van der Waals surface area contributed by atoms with Gasteiger partial charge in [-0.3, -0.25) is 9.59 Å². The molecule has 0 bridgehead atoms. The first-order valence-corrected chi connectivity index (χ1v) is 8.09. The van der Waals surface area contributed by atoms with Crippen molar-refractivity contribution >= 4 is 11.9 Å². The molecule has 0 aromatic heterocycles. The van der Waals surface area contributed by atoms with Gasteiger partial charge in [0.1, 0.15) is 0 Å². The van der Waals surface area contributed by atoms with Gasteiger partial charge in [0.25, 0.3) is 0 Å². The summed E-state index contributed by atoms with van der Waals surface area (Å²) >= 11 is 0. The zero-order chi connectivity index (χ0) is 16.4. The van der Waals surface area contributed by atoms with Crippen LogP contribution in [0.4, 0.5) is 0 Å². The highest BCUT2D eigenvalue weighted by atomic mass is 16.4. The van der Waals surface area contributed by atoms with E-state index in [1.165, 1.54) is 0 Å². The van der Waals surface area contributed by atoms with Crippen LogP contribution in [0.5, 0.6) is 0 Å². The number of carboxylic acids is 1. The summed E-state index contributed by atoms with van der Waals surface area (Å²) in [5.41, 5.74) is 5.90. The fraction of sp³-hybridized carbons (Fsp3) is 0.875. The molecule has 124 valence electrons. The molecule has 2 unspecified atom stereocenters. The molecule has 0 aromatic rings. The lowest BCUT2D eigenvalue weighted by Gasteiger charge is -2.24. The van der Waals surface area contributed by atoms with Crippen LogP contribution in [0.25, 0.3) is 0 Å². The van der Waals surface area contributed by atoms with Crippen LogP contribution in [0.15, 0.2) is 0 Å². The summed E-state index contributed by atoms with van der Waals surface area (Å²) in [4.78, 5) is 23.1. The van der Waals surface area contributed by atoms with Crippen molar-refractivity contribution in [3.8, 4) is 0 Å². The lowest BCUT2D eigenvalue weighted by atomic mass is 9.93. The largest absolute Gasteiger partial charge is 0.481 e. The molecule has 0 rings (SSSR count). The number of carbonyl (C=O) groups is 2. The van der Waals surface area contributed by atoms with Crippen LogP contribution < -0.4 is 11.1 Å². The van der Waals surface area contributed by atoms with Crippen LogP contribution in [-0.2, 0) is 9.59 Å². The third kappa shape index (κ3) is 8.71. The van der Waals surface area contributed by atoms with Crippen LogP contribution in [0.3, 0.4) is 0 Å². The van der Waals surface area contributed by atoms with E-state index in [1.54, 1.807) is 0 Å². The molecule has 0 aliphatic carbocycles. The summed E-state index contributed by atoms with van der Waals surface area (Å²) in [5.74, 6) is -0.638. The number of unbranched alkanes of at least 4 members (excludes halogenated alkanes) is 1. The molecular formula is C16H32N2O3. The first kappa shape index (κ1) is 19.9. The molecule has 0 saturated heterocycles. The third-order valence-electron chi connectivity index (χ3n) is 4.06. The monoisotopic (exact) mass is 300 g/mol. The molecular weight excluding hydrogens is 268 g/mol. The number of hydrogen-bond acceptors (Lipinski definition) is 3. The molecule has 0 aromatic carbocycles. The van der Waals surface area contributed by atoms with Crippen LogP contribution >= 0.6 is 0 Å². The Kier molecular flexibility index (Phi) is 10.0. The van der Waals surface area contributed by atoms with Gasteiger partial charge < -0.3 is 16.2 Å². The molecule has 0 radical (unpaired) electrons. The van der Waals surface area contributed by atoms with Gasteiger partial charge >= 0.3 is 5.97 Å². The molecule has 5 heteroatoms. The number of rotatable bonds is 11. The molecule has 0 aliphatic heterocycles. The number of aliphatic carboxylic acids is 1. The van der Waals surface area contributed by atoms with Crippen molar-refractivity contribution in [3.63, 3.8) is 0 Å². The quantitative estimate of drug-likeness (QED) is 0.546. The normalized spacial score (nSPS) is 16.8. The van der Waals surface area contributed by atoms with Crippen LogP contribution in [0.1, 0.15) is 66.2 Å². The predicted molar refractivity (Wildman–Crippen MR) is 84.9 cm³/mol. The second-order valence-electron chi connectivity index (χ2n) is 6.20. The SMILES string of the molecule is CCCCC(C)C[C@@H](CC(=O)O)NC(=O)[C@@H](N)C(C)CC. The minimum Gasteiger partial charge on any atom is -0.481 e. The Balaban J connectivity index is 4.54. The average molecular weight is 300 g/mol. The Bertz CT molecular complexity index is 321. The van der Waals surface area contributed by atoms with E-state index in [9.17, 15) is 9.59 Å². The molecule has 0 spiro atoms. The maximum Gasteiger partial charge on any atom is 0.305 e. The van der Waals surface area contributed by atoms with Crippen molar-refractivity contribution in [1.29, 1.82) is 0 Å². The summed E-state index contributed by atoms with van der Waals surface area (Å²) in [5, 5.41) is 11.8. The first-order valence-electron chi connectivity index (χ1n) is 8.09. The molecule has 4 N–H and O–H groups in total. The predicted octanol–water partition coefficient (Wildman–Crippen LogP) is 2.54. The van der Waals surface area contributed by atoms with Crippen molar-refractivity contribution in [2.75, 3.05) is 0 Å². The Morgan fingerprint density at radius 2 is 1.86 bits per heavy atom. The maximum absolute atomic E-state index is 12.1. The third-order valence-corrected chi connectivity index (χ3v) is 4.06. The van der Waals surface area contributed by atoms with Crippen molar-refractivity contribution in [1.82, 2.24) is 5.32 Å². The number of carbonyl (C=O) groups excluding carboxylic acids is 1. The van der Waals surface area contributed by atoms with Gasteiger partial charge in [-0.25, -0.2) is 0 Å². The number of hydrogen-bond donors (Lipinski definition) is 3. The lowest BCUT2D eigenvalue weighted by Crippen LogP contribution is -2.49. The Morgan fingerprint density at radius 3 is 2.33 bits per heavy atom. The molecule has 0 fully saturated rings. The second-order valence-corrected chi connectivity index (χ2v) is 6.20. The van der Waals surface area contributed by atoms with Gasteiger partial charge in [-0.05, 0) is 18.3 Å². The fourth-order valence-electron chi connectivity index (χ4n) is 2.37.